The number of hydrogen-bond acceptors (Lipinski definition) is 23. The summed E-state index contributed by atoms with van der Waals surface area (Å²) in [6.45, 7) is 16.8. The van der Waals surface area contributed by atoms with Crippen LogP contribution in [0.5, 0.6) is 0 Å². The number of alkyl halides is 15. The molecule has 54 heteroatoms. The van der Waals surface area contributed by atoms with Crippen LogP contribution in [0.1, 0.15) is 174 Å². The van der Waals surface area contributed by atoms with Crippen molar-refractivity contribution in [3.05, 3.63) is 231 Å². The zero-order chi connectivity index (χ0) is 108. The highest BCUT2D eigenvalue weighted by Crippen LogP contribution is 2.37. The van der Waals surface area contributed by atoms with Crippen LogP contribution in [-0.4, -0.2) is 291 Å². The van der Waals surface area contributed by atoms with Crippen LogP contribution in [0, 0.1) is 0 Å². The maximum absolute atomic E-state index is 13.0. The highest BCUT2D eigenvalue weighted by molar-refractivity contribution is 7.91. The van der Waals surface area contributed by atoms with E-state index in [-0.39, 0.29) is 91.8 Å². The van der Waals surface area contributed by atoms with Gasteiger partial charge in [-0.1, -0.05) is 102 Å². The quantitative estimate of drug-likeness (QED) is 0.0134. The molecule has 5 aromatic heterocycles. The minimum Gasteiger partial charge on any atom is -0.398 e. The van der Waals surface area contributed by atoms with Crippen LogP contribution in [-0.2, 0) is 73.4 Å². The molecule has 16 N–H and O–H groups in total. The van der Waals surface area contributed by atoms with Gasteiger partial charge in [0.2, 0.25) is 0 Å². The number of carbonyl (C=O) groups is 5. The van der Waals surface area contributed by atoms with E-state index in [1.807, 2.05) is 49.1 Å². The Labute approximate surface area is 861 Å². The summed E-state index contributed by atoms with van der Waals surface area (Å²) < 4.78 is 216. The third kappa shape index (κ3) is 34.3. The van der Waals surface area contributed by atoms with Gasteiger partial charge in [-0.2, -0.15) is 91.3 Å². The topological polar surface area (TPSA) is 446 Å². The predicted octanol–water partition coefficient (Wildman–Crippen LogP) is 16.0. The van der Waals surface area contributed by atoms with Crippen molar-refractivity contribution < 1.29 is 103 Å². The first-order valence-corrected chi connectivity index (χ1v) is 50.2. The second kappa shape index (κ2) is 52.7. The smallest absolute Gasteiger partial charge is 0.398 e. The number of aromatic nitrogens is 10. The highest BCUT2D eigenvalue weighted by atomic mass is 35.5. The fraction of sp³-hybridized carbons (Fsp3) is 0.462. The van der Waals surface area contributed by atoms with Crippen LogP contribution in [0.4, 0.5) is 94.3 Å². The van der Waals surface area contributed by atoms with Gasteiger partial charge in [0.05, 0.1) is 17.6 Å². The van der Waals surface area contributed by atoms with E-state index in [0.717, 1.165) is 109 Å². The number of piperidine rings is 1. The van der Waals surface area contributed by atoms with Gasteiger partial charge in [-0.3, -0.25) is 64.2 Å². The Hall–Kier alpha value is -11.4. The van der Waals surface area contributed by atoms with Gasteiger partial charge in [0.25, 0.3) is 29.5 Å². The molecule has 5 aromatic carbocycles. The summed E-state index contributed by atoms with van der Waals surface area (Å²) in [6, 6.07) is 28.4. The fourth-order valence-corrected chi connectivity index (χ4v) is 18.7. The number of H-pyrrole nitrogens is 5. The number of aliphatic hydroxyl groups excluding tert-OH is 1. The molecule has 0 aliphatic carbocycles. The van der Waals surface area contributed by atoms with E-state index in [1.165, 1.54) is 24.5 Å². The normalized spacial score (nSPS) is 15.6. The van der Waals surface area contributed by atoms with Gasteiger partial charge in [0, 0.05) is 229 Å². The maximum atomic E-state index is 13.0. The number of sulfone groups is 1. The molecule has 4 aliphatic heterocycles. The summed E-state index contributed by atoms with van der Waals surface area (Å²) >= 11 is 31.1. The molecule has 9 heterocycles. The number of aromatic amines is 5. The van der Waals surface area contributed by atoms with Crippen molar-refractivity contribution in [3.8, 4) is 0 Å². The Bertz CT molecular complexity index is 6040. The van der Waals surface area contributed by atoms with E-state index in [2.05, 4.69) is 47.1 Å². The number of benzene rings is 5. The molecule has 0 saturated carbocycles. The van der Waals surface area contributed by atoms with Crippen molar-refractivity contribution in [1.82, 2.24) is 100.0 Å². The molecule has 4 fully saturated rings. The van der Waals surface area contributed by atoms with E-state index >= 15 is 0 Å². The van der Waals surface area contributed by atoms with E-state index in [1.54, 1.807) is 91.0 Å². The number of nitrogens with one attached hydrogen (secondary N) is 5. The Kier molecular flexibility index (Phi) is 42.1. The first-order valence-electron chi connectivity index (χ1n) is 46.5. The highest BCUT2D eigenvalue weighted by Gasteiger charge is 2.41. The number of likely N-dealkylation sites (N-methyl/N-ethyl adjacent to an activating group) is 1. The van der Waals surface area contributed by atoms with Gasteiger partial charge in [0.15, 0.2) is 38.3 Å². The number of nitrogens with two attached hydrogens (primary N) is 5. The minimum absolute atomic E-state index is 0.0206. The van der Waals surface area contributed by atoms with Crippen LogP contribution >= 0.6 is 58.0 Å². The molecule has 147 heavy (non-hydrogen) atoms. The average molecular weight is 2200 g/mol. The van der Waals surface area contributed by atoms with Crippen LogP contribution in [0.25, 0.3) is 0 Å². The number of likely N-dealkylation sites (tertiary alicyclic amines) is 3. The Morgan fingerprint density at radius 3 is 0.925 bits per heavy atom. The third-order valence-electron chi connectivity index (χ3n) is 24.6. The zero-order valence-electron chi connectivity index (χ0n) is 79.9. The second-order valence-corrected chi connectivity index (χ2v) is 39.5. The lowest BCUT2D eigenvalue weighted by molar-refractivity contribution is -0.142. The molecule has 10 aromatic rings. The van der Waals surface area contributed by atoms with Gasteiger partial charge in [-0.05, 0) is 158 Å². The number of rotatable bonds is 33. The van der Waals surface area contributed by atoms with Crippen molar-refractivity contribution >= 4 is 126 Å². The number of nitrogen functional groups attached to an aromatic ring is 5. The molecular formula is C93H113Cl5F15N25O8S. The molecular weight excluding hydrogens is 2090 g/mol. The molecule has 4 aliphatic rings. The molecule has 2 atom stereocenters. The monoisotopic (exact) mass is 2200 g/mol. The van der Waals surface area contributed by atoms with Crippen LogP contribution < -0.4 is 28.7 Å². The summed E-state index contributed by atoms with van der Waals surface area (Å²) in [5, 5.41) is 38.8. The third-order valence-corrected chi connectivity index (χ3v) is 27.9. The molecule has 0 radical (unpaired) electrons. The van der Waals surface area contributed by atoms with Gasteiger partial charge in [-0.25, -0.2) is 8.42 Å². The minimum atomic E-state index is -4.66. The number of anilines is 5. The lowest BCUT2D eigenvalue weighted by Crippen LogP contribution is -2.45. The molecule has 2 unspecified atom stereocenters. The number of β-amino-alcohol motifs (C(OH)–C–C–N with tert-alkyl or cyclic N) is 1. The molecule has 804 valence electrons. The SMILES string of the molecule is CC(CN(Cc1c(N)cccc1Cl)C(=O)c1cc(C(F)(F)F)[nH]n1)N1CCCC1.CCCN(CC)CCN(Cc1c(N)cccc1Cl)C(=O)c1cc(C(F)(F)F)[nH]n1.Nc1cccc(Cl)c1CN(CCN1CCCC(O)C1)C(=O)c1cc(C(F)(F)F)[nH]n1.Nc1cccc(Cl)c1CN(CCN1CCCC1)C(=O)c1cc(C(F)(F)F)[nH]n1.Nc1cccc(Cl)c1CN(CCN1CCS(=O)(=O)CC1)C(=O)c1cc(C(F)(F)F)[nH]n1. The second-order valence-electron chi connectivity index (χ2n) is 35.1. The van der Waals surface area contributed by atoms with Crippen LogP contribution in [0.3, 0.4) is 0 Å². The standard InChI is InChI=1S/C19H23ClF3N5O2.C19H23ClF3N5O.C19H25ClF3N5O.C18H21ClF3N5O3S.C18H21ClF3N5O/c20-14-4-1-5-15(24)13(14)11-28(8-7-27-6-2-3-12(29)10-27)18(30)16-9-17(26-25-16)19(21,22)23;1-12(27-7-2-3-8-27)10-28(11-13-14(20)5-4-6-15(13)24)18(29)16-9-17(26-25-16)19(21,22)23;1-3-8-27(4-2)9-10-28(12-13-14(20)6-5-7-15(13)24)18(29)16-11-17(26-25-16)19(21,22)23;19-13-2-1-3-14(23)12(13)11-27(5-4-26-6-8-31(29,30)9-7-26)17(28)15-10-16(25-24-15)18(20,21)22;19-13-4-3-5-14(23)12(13)11-27(9-8-26-6-1-2-7-26)17(28)15-10-16(25-24-15)18(20,21)22/h1,4-5,9,12,29H,2-3,6-8,10-11,24H2,(H,25,26);4-6,9,12H,2-3,7-8,10-11,24H2,1H3,(H,25,26);5-7,11H,3-4,8-10,12,24H2,1-2H3,(H,25,26);1-3,10H,4-9,11,23H2,(H,24,25);3-5,10H,1-2,6-9,11,23H2,(H,24,25). The average Bonchev–Trinajstić information content (AvgIpc) is 1.89. The summed E-state index contributed by atoms with van der Waals surface area (Å²) in [5.41, 5.74) is 27.5. The number of carbonyl (C=O) groups excluding carboxylic acids is 5. The lowest BCUT2D eigenvalue weighted by atomic mass is 10.1. The van der Waals surface area contributed by atoms with Gasteiger partial charge < -0.3 is 68.1 Å². The summed E-state index contributed by atoms with van der Waals surface area (Å²) in [4.78, 5) is 82.3. The summed E-state index contributed by atoms with van der Waals surface area (Å²) in [7, 11) is -3.06. The van der Waals surface area contributed by atoms with Crippen molar-refractivity contribution in [3.63, 3.8) is 0 Å². The molecule has 0 bridgehead atoms. The number of hydrogen-bond donors (Lipinski definition) is 11. The zero-order valence-corrected chi connectivity index (χ0v) is 84.5. The molecule has 4 saturated heterocycles. The number of nitrogens with zero attached hydrogens (tertiary/aromatic N) is 15. The maximum Gasteiger partial charge on any atom is 0.432 e. The van der Waals surface area contributed by atoms with Crippen molar-refractivity contribution in [2.75, 3.05) is 165 Å². The van der Waals surface area contributed by atoms with E-state index in [9.17, 15) is 103 Å². The van der Waals surface area contributed by atoms with Gasteiger partial charge >= 0.3 is 30.9 Å². The van der Waals surface area contributed by atoms with E-state index < -0.39 is 105 Å². The molecule has 14 rings (SSSR count). The number of aliphatic hydroxyl groups is 1. The van der Waals surface area contributed by atoms with E-state index in [4.69, 9.17) is 86.7 Å². The Morgan fingerprint density at radius 1 is 0.388 bits per heavy atom. The fourth-order valence-electron chi connectivity index (χ4n) is 16.2. The van der Waals surface area contributed by atoms with E-state index in [0.29, 0.717) is 159 Å². The Balaban J connectivity index is 0.000000188. The van der Waals surface area contributed by atoms with Crippen molar-refractivity contribution in [2.24, 2.45) is 0 Å². The molecule has 5 amide bonds. The van der Waals surface area contributed by atoms with Crippen LogP contribution in [0.2, 0.25) is 25.1 Å². The predicted molar refractivity (Wildman–Crippen MR) is 526 cm³/mol. The lowest BCUT2D eigenvalue weighted by Gasteiger charge is -2.32. The summed E-state index contributed by atoms with van der Waals surface area (Å²) in [5.74, 6) is -3.19. The number of halogens is 20. The summed E-state index contributed by atoms with van der Waals surface area (Å²) in [6.07, 6.45) is -16.7. The van der Waals surface area contributed by atoms with Crippen molar-refractivity contribution in [1.29, 1.82) is 0 Å². The molecule has 0 spiro atoms. The largest absolute Gasteiger partial charge is 0.432 e. The molecule has 33 nitrogen and oxygen atoms in total. The van der Waals surface area contributed by atoms with Crippen molar-refractivity contribution in [2.45, 2.75) is 141 Å². The van der Waals surface area contributed by atoms with Gasteiger partial charge in [-0.15, -0.1) is 0 Å². The van der Waals surface area contributed by atoms with Crippen LogP contribution in [0.15, 0.2) is 121 Å². The first kappa shape index (κ1) is 118. The number of amides is 5. The first-order chi connectivity index (χ1) is 69.2. The Morgan fingerprint density at radius 2 is 0.653 bits per heavy atom. The van der Waals surface area contributed by atoms with Gasteiger partial charge in [0.1, 0.15) is 28.5 Å².